The molecule has 1 aliphatic rings. The molecule has 1 aromatic heterocycles. The number of nitrogens with zero attached hydrogens (tertiary/aromatic N) is 3. The van der Waals surface area contributed by atoms with Crippen LogP contribution in [0.2, 0.25) is 10.0 Å². The number of carboxylic acids is 1. The first kappa shape index (κ1) is 31.3. The summed E-state index contributed by atoms with van der Waals surface area (Å²) < 4.78 is 103. The number of carbonyl (C=O) groups is 1. The predicted molar refractivity (Wildman–Crippen MR) is 134 cm³/mol. The summed E-state index contributed by atoms with van der Waals surface area (Å²) in [5.41, 5.74) is -1.25. The number of hydrogen-bond donors (Lipinski definition) is 3. The van der Waals surface area contributed by atoms with Gasteiger partial charge in [0.2, 0.25) is 0 Å². The van der Waals surface area contributed by atoms with Crippen molar-refractivity contribution in [2.75, 3.05) is 23.1 Å². The van der Waals surface area contributed by atoms with Crippen LogP contribution in [0, 0.1) is 11.6 Å². The number of aryl methyl sites for hydroxylation is 1. The number of benzene rings is 2. The van der Waals surface area contributed by atoms with Gasteiger partial charge in [0.15, 0.2) is 11.6 Å². The Kier molecular flexibility index (Phi) is 9.12. The van der Waals surface area contributed by atoms with Crippen LogP contribution in [0.25, 0.3) is 10.9 Å². The molecule has 1 fully saturated rings. The maximum atomic E-state index is 14.6. The zero-order chi connectivity index (χ0) is 30.2. The van der Waals surface area contributed by atoms with Crippen LogP contribution in [-0.4, -0.2) is 58.8 Å². The van der Waals surface area contributed by atoms with Gasteiger partial charge in [-0.1, -0.05) is 23.2 Å². The van der Waals surface area contributed by atoms with Crippen molar-refractivity contribution in [3.63, 3.8) is 0 Å². The van der Waals surface area contributed by atoms with Crippen molar-refractivity contribution in [1.29, 1.82) is 0 Å². The Labute approximate surface area is 231 Å². The lowest BCUT2D eigenvalue weighted by Gasteiger charge is -2.19. The van der Waals surface area contributed by atoms with E-state index in [1.807, 2.05) is 0 Å². The first-order valence-corrected chi connectivity index (χ1v) is 12.9. The SMILES string of the molecule is Cn1cnc2ccc(Nc3c(F)c(F)cc(NS(=O)(=O)N4CC[C@@H](F)C4)c3Cl)c(Cl)c2c1=O.O=C(O)C(F)(F)F. The van der Waals surface area contributed by atoms with Crippen LogP contribution in [0.3, 0.4) is 0 Å². The molecule has 2 heterocycles. The van der Waals surface area contributed by atoms with Gasteiger partial charge >= 0.3 is 22.4 Å². The summed E-state index contributed by atoms with van der Waals surface area (Å²) in [6.07, 6.45) is -5.08. The number of fused-ring (bicyclic) bond motifs is 1. The number of nitrogens with one attached hydrogen (secondary N) is 2. The lowest BCUT2D eigenvalue weighted by Crippen LogP contribution is -2.34. The first-order chi connectivity index (χ1) is 18.4. The smallest absolute Gasteiger partial charge is 0.475 e. The van der Waals surface area contributed by atoms with E-state index in [0.29, 0.717) is 6.07 Å². The Balaban J connectivity index is 0.000000559. The highest BCUT2D eigenvalue weighted by Crippen LogP contribution is 2.39. The van der Waals surface area contributed by atoms with Crippen LogP contribution in [0.5, 0.6) is 0 Å². The zero-order valence-electron chi connectivity index (χ0n) is 19.9. The summed E-state index contributed by atoms with van der Waals surface area (Å²) in [4.78, 5) is 25.4. The Hall–Kier alpha value is -3.28. The van der Waals surface area contributed by atoms with Gasteiger partial charge in [-0.15, -0.1) is 0 Å². The molecular formula is C21H17Cl2F6N5O5S. The van der Waals surface area contributed by atoms with E-state index in [1.54, 1.807) is 0 Å². The molecule has 0 bridgehead atoms. The minimum atomic E-state index is -5.08. The average Bonchev–Trinajstić information content (AvgIpc) is 3.30. The third-order valence-corrected chi connectivity index (χ3v) is 7.63. The van der Waals surface area contributed by atoms with E-state index < -0.39 is 62.1 Å². The second-order valence-electron chi connectivity index (χ2n) is 8.17. The van der Waals surface area contributed by atoms with Gasteiger partial charge in [-0.05, 0) is 18.6 Å². The minimum Gasteiger partial charge on any atom is -0.475 e. The molecule has 3 aromatic rings. The van der Waals surface area contributed by atoms with Gasteiger partial charge in [-0.2, -0.15) is 25.9 Å². The molecule has 0 unspecified atom stereocenters. The largest absolute Gasteiger partial charge is 0.490 e. The maximum absolute atomic E-state index is 14.6. The van der Waals surface area contributed by atoms with Crippen molar-refractivity contribution < 1.29 is 44.7 Å². The summed E-state index contributed by atoms with van der Waals surface area (Å²) >= 11 is 12.5. The molecule has 0 radical (unpaired) electrons. The first-order valence-electron chi connectivity index (χ1n) is 10.7. The van der Waals surface area contributed by atoms with Crippen LogP contribution in [0.15, 0.2) is 29.3 Å². The fourth-order valence-electron chi connectivity index (χ4n) is 3.38. The fourth-order valence-corrected chi connectivity index (χ4v) is 5.23. The second-order valence-corrected chi connectivity index (χ2v) is 10.6. The molecule has 1 aliphatic heterocycles. The number of carboxylic acid groups (broad SMARTS) is 1. The van der Waals surface area contributed by atoms with Gasteiger partial charge in [0.1, 0.15) is 6.17 Å². The summed E-state index contributed by atoms with van der Waals surface area (Å²) in [6.45, 7) is -0.435. The van der Waals surface area contributed by atoms with Gasteiger partial charge in [0.25, 0.3) is 5.56 Å². The third kappa shape index (κ3) is 6.71. The predicted octanol–water partition coefficient (Wildman–Crippen LogP) is 4.60. The molecule has 1 atom stereocenters. The van der Waals surface area contributed by atoms with Crippen molar-refractivity contribution in [1.82, 2.24) is 13.9 Å². The van der Waals surface area contributed by atoms with Gasteiger partial charge in [0, 0.05) is 26.2 Å². The molecule has 0 spiro atoms. The summed E-state index contributed by atoms with van der Waals surface area (Å²) in [6, 6.07) is 3.40. The summed E-state index contributed by atoms with van der Waals surface area (Å²) in [5.74, 6) is -5.56. The van der Waals surface area contributed by atoms with Crippen LogP contribution >= 0.6 is 23.2 Å². The Bertz CT molecular complexity index is 1640. The Morgan fingerprint density at radius 1 is 1.18 bits per heavy atom. The van der Waals surface area contributed by atoms with Crippen molar-refractivity contribution in [3.8, 4) is 0 Å². The standard InChI is InChI=1S/C19H16Cl2F3N5O3S.C2HF3O2/c1-28-8-25-11-2-3-12(15(20)14(11)19(28)30)26-18-16(21)13(6-10(23)17(18)24)27-33(31,32)29-5-4-9(22)7-29;3-2(4,5)1(6)7/h2-3,6,8-9,26-27H,4-5,7H2,1H3;(H,6,7)/t9-;/m1./s1. The number of anilines is 3. The highest BCUT2D eigenvalue weighted by Gasteiger charge is 2.38. The lowest BCUT2D eigenvalue weighted by atomic mass is 10.2. The second kappa shape index (κ2) is 11.7. The van der Waals surface area contributed by atoms with Gasteiger partial charge in [-0.3, -0.25) is 9.52 Å². The monoisotopic (exact) mass is 635 g/mol. The molecule has 0 saturated carbocycles. The van der Waals surface area contributed by atoms with Crippen LogP contribution in [0.4, 0.5) is 43.4 Å². The normalized spacial score (nSPS) is 16.0. The molecule has 19 heteroatoms. The molecule has 218 valence electrons. The van der Waals surface area contributed by atoms with Gasteiger partial charge in [-0.25, -0.2) is 22.9 Å². The minimum absolute atomic E-state index is 0.00860. The van der Waals surface area contributed by atoms with E-state index >= 15 is 0 Å². The maximum Gasteiger partial charge on any atom is 0.490 e. The lowest BCUT2D eigenvalue weighted by molar-refractivity contribution is -0.192. The van der Waals surface area contributed by atoms with E-state index in [4.69, 9.17) is 33.1 Å². The molecule has 2 aromatic carbocycles. The molecule has 3 N–H and O–H groups in total. The number of hydrogen-bond acceptors (Lipinski definition) is 6. The van der Waals surface area contributed by atoms with Crippen LogP contribution in [0.1, 0.15) is 6.42 Å². The van der Waals surface area contributed by atoms with E-state index in [1.165, 1.54) is 30.1 Å². The molecule has 4 rings (SSSR count). The summed E-state index contributed by atoms with van der Waals surface area (Å²) in [7, 11) is -2.80. The topological polar surface area (TPSA) is 134 Å². The molecule has 0 amide bonds. The molecule has 40 heavy (non-hydrogen) atoms. The van der Waals surface area contributed by atoms with E-state index in [0.717, 1.165) is 4.31 Å². The van der Waals surface area contributed by atoms with Crippen molar-refractivity contribution >= 4 is 67.3 Å². The average molecular weight is 636 g/mol. The van der Waals surface area contributed by atoms with Crippen molar-refractivity contribution in [2.45, 2.75) is 18.8 Å². The molecule has 1 saturated heterocycles. The summed E-state index contributed by atoms with van der Waals surface area (Å²) in [5, 5.41) is 9.08. The van der Waals surface area contributed by atoms with Crippen LogP contribution < -0.4 is 15.6 Å². The Morgan fingerprint density at radius 2 is 1.80 bits per heavy atom. The van der Waals surface area contributed by atoms with Gasteiger partial charge < -0.3 is 15.0 Å². The third-order valence-electron chi connectivity index (χ3n) is 5.35. The van der Waals surface area contributed by atoms with E-state index in [2.05, 4.69) is 15.0 Å². The number of alkyl halides is 4. The fraction of sp³-hybridized carbons (Fsp3) is 0.286. The highest BCUT2D eigenvalue weighted by atomic mass is 35.5. The number of aliphatic carboxylic acids is 1. The number of halogens is 8. The Morgan fingerprint density at radius 3 is 2.35 bits per heavy atom. The molecule has 0 aliphatic carbocycles. The van der Waals surface area contributed by atoms with Crippen LogP contribution in [-0.2, 0) is 22.1 Å². The number of aromatic nitrogens is 2. The quantitative estimate of drug-likeness (QED) is 0.276. The van der Waals surface area contributed by atoms with Crippen molar-refractivity contribution in [3.05, 3.63) is 56.6 Å². The van der Waals surface area contributed by atoms with Gasteiger partial charge in [0.05, 0.1) is 44.3 Å². The van der Waals surface area contributed by atoms with E-state index in [9.17, 15) is 39.6 Å². The van der Waals surface area contributed by atoms with E-state index in [-0.39, 0.29) is 41.1 Å². The van der Waals surface area contributed by atoms with Crippen molar-refractivity contribution in [2.24, 2.45) is 7.05 Å². The molecule has 10 nitrogen and oxygen atoms in total. The number of rotatable bonds is 5. The zero-order valence-corrected chi connectivity index (χ0v) is 22.2. The molecular weight excluding hydrogens is 619 g/mol. The highest BCUT2D eigenvalue weighted by molar-refractivity contribution is 7.90.